The van der Waals surface area contributed by atoms with Gasteiger partial charge >= 0.3 is 0 Å². The molecule has 0 aliphatic carbocycles. The zero-order valence-corrected chi connectivity index (χ0v) is 11.3. The molecule has 0 aliphatic rings. The summed E-state index contributed by atoms with van der Waals surface area (Å²) in [6.07, 6.45) is 0.252. The van der Waals surface area contributed by atoms with Crippen LogP contribution in [0.3, 0.4) is 0 Å². The Morgan fingerprint density at radius 2 is 2.12 bits per heavy atom. The Morgan fingerprint density at radius 3 is 2.65 bits per heavy atom. The fraction of sp³-hybridized carbons (Fsp3) is 0.364. The van der Waals surface area contributed by atoms with E-state index >= 15 is 0 Å². The molecule has 0 radical (unpaired) electrons. The number of anilines is 1. The van der Waals surface area contributed by atoms with Crippen LogP contribution in [0.4, 0.5) is 5.69 Å². The second kappa shape index (κ2) is 6.02. The fourth-order valence-electron chi connectivity index (χ4n) is 1.17. The lowest BCUT2D eigenvalue weighted by Crippen LogP contribution is -2.23. The topological polar surface area (TPSA) is 63.4 Å². The number of carbonyl (C=O) groups excluding carboxylic acids is 1. The Labute approximate surface area is 108 Å². The highest BCUT2D eigenvalue weighted by atomic mass is 35.5. The number of rotatable bonds is 4. The molecule has 1 unspecified atom stereocenters. The van der Waals surface area contributed by atoms with Crippen LogP contribution in [0.2, 0.25) is 5.02 Å². The van der Waals surface area contributed by atoms with Gasteiger partial charge in [0.2, 0.25) is 5.91 Å². The van der Waals surface area contributed by atoms with Crippen molar-refractivity contribution in [2.75, 3.05) is 25.6 Å². The van der Waals surface area contributed by atoms with Crippen LogP contribution < -0.4 is 5.73 Å². The number of hydrogen-bond donors (Lipinski definition) is 1. The van der Waals surface area contributed by atoms with Crippen LogP contribution in [0.25, 0.3) is 0 Å². The molecule has 0 heterocycles. The Kier molecular flexibility index (Phi) is 4.96. The number of halogens is 1. The maximum atomic E-state index is 11.9. The molecule has 17 heavy (non-hydrogen) atoms. The van der Waals surface area contributed by atoms with Crippen molar-refractivity contribution in [2.45, 2.75) is 11.3 Å². The van der Waals surface area contributed by atoms with Crippen LogP contribution in [0.5, 0.6) is 0 Å². The molecule has 2 N–H and O–H groups in total. The Hall–Kier alpha value is -1.07. The lowest BCUT2D eigenvalue weighted by molar-refractivity contribution is -0.128. The van der Waals surface area contributed by atoms with Crippen LogP contribution in [-0.4, -0.2) is 34.9 Å². The molecule has 1 aromatic carbocycles. The average molecular weight is 275 g/mol. The summed E-state index contributed by atoms with van der Waals surface area (Å²) in [5, 5.41) is 0.384. The van der Waals surface area contributed by atoms with E-state index in [4.69, 9.17) is 17.3 Å². The molecule has 1 amide bonds. The van der Waals surface area contributed by atoms with Gasteiger partial charge in [-0.2, -0.15) is 0 Å². The Balaban J connectivity index is 2.64. The predicted octanol–water partition coefficient (Wildman–Crippen LogP) is 1.51. The quantitative estimate of drug-likeness (QED) is 0.847. The molecule has 94 valence electrons. The van der Waals surface area contributed by atoms with E-state index in [9.17, 15) is 9.00 Å². The van der Waals surface area contributed by atoms with Crippen molar-refractivity contribution in [3.05, 3.63) is 23.2 Å². The van der Waals surface area contributed by atoms with Gasteiger partial charge in [-0.05, 0) is 18.2 Å². The smallest absolute Gasteiger partial charge is 0.222 e. The van der Waals surface area contributed by atoms with Gasteiger partial charge in [0, 0.05) is 31.2 Å². The molecule has 0 saturated carbocycles. The summed E-state index contributed by atoms with van der Waals surface area (Å²) in [4.78, 5) is 13.4. The molecule has 6 heteroatoms. The lowest BCUT2D eigenvalue weighted by Gasteiger charge is -2.09. The first-order valence-electron chi connectivity index (χ1n) is 5.05. The van der Waals surface area contributed by atoms with E-state index in [1.165, 1.54) is 4.90 Å². The third kappa shape index (κ3) is 4.02. The van der Waals surface area contributed by atoms with Crippen molar-refractivity contribution >= 4 is 34.0 Å². The van der Waals surface area contributed by atoms with Crippen LogP contribution in [0, 0.1) is 0 Å². The van der Waals surface area contributed by atoms with Gasteiger partial charge in [0.05, 0.1) is 21.5 Å². The molecular formula is C11H15ClN2O2S. The van der Waals surface area contributed by atoms with E-state index in [2.05, 4.69) is 0 Å². The highest BCUT2D eigenvalue weighted by Crippen LogP contribution is 2.21. The zero-order chi connectivity index (χ0) is 13.0. The number of carbonyl (C=O) groups is 1. The molecule has 0 fully saturated rings. The van der Waals surface area contributed by atoms with Gasteiger partial charge in [0.15, 0.2) is 0 Å². The minimum absolute atomic E-state index is 0.0418. The van der Waals surface area contributed by atoms with Gasteiger partial charge in [-0.15, -0.1) is 0 Å². The third-order valence-electron chi connectivity index (χ3n) is 2.23. The molecule has 0 bridgehead atoms. The predicted molar refractivity (Wildman–Crippen MR) is 70.5 cm³/mol. The third-order valence-corrected chi connectivity index (χ3v) is 3.92. The number of hydrogen-bond acceptors (Lipinski definition) is 3. The summed E-state index contributed by atoms with van der Waals surface area (Å²) < 4.78 is 11.9. The second-order valence-corrected chi connectivity index (χ2v) is 5.75. The molecule has 4 nitrogen and oxygen atoms in total. The van der Waals surface area contributed by atoms with Crippen LogP contribution in [0.15, 0.2) is 23.1 Å². The molecule has 0 saturated heterocycles. The van der Waals surface area contributed by atoms with Crippen molar-refractivity contribution < 1.29 is 9.00 Å². The number of nitrogens with zero attached hydrogens (tertiary/aromatic N) is 1. The summed E-state index contributed by atoms with van der Waals surface area (Å²) in [6.45, 7) is 0. The second-order valence-electron chi connectivity index (χ2n) is 3.77. The lowest BCUT2D eigenvalue weighted by atomic mass is 10.3. The largest absolute Gasteiger partial charge is 0.398 e. The van der Waals surface area contributed by atoms with Gasteiger partial charge in [-0.1, -0.05) is 11.6 Å². The van der Waals surface area contributed by atoms with Crippen molar-refractivity contribution in [3.8, 4) is 0 Å². The van der Waals surface area contributed by atoms with Crippen molar-refractivity contribution in [3.63, 3.8) is 0 Å². The summed E-state index contributed by atoms with van der Waals surface area (Å²) >= 11 is 5.84. The molecular weight excluding hydrogens is 260 g/mol. The first-order valence-corrected chi connectivity index (χ1v) is 6.75. The van der Waals surface area contributed by atoms with Gasteiger partial charge in [0.25, 0.3) is 0 Å². The number of amides is 1. The van der Waals surface area contributed by atoms with E-state index in [-0.39, 0.29) is 18.1 Å². The molecule has 0 spiro atoms. The maximum Gasteiger partial charge on any atom is 0.222 e. The van der Waals surface area contributed by atoms with E-state index in [1.54, 1.807) is 32.3 Å². The Morgan fingerprint density at radius 1 is 1.47 bits per heavy atom. The molecule has 1 atom stereocenters. The average Bonchev–Trinajstić information content (AvgIpc) is 2.28. The van der Waals surface area contributed by atoms with E-state index in [0.29, 0.717) is 15.6 Å². The SMILES string of the molecule is CN(C)C(=O)CCS(=O)c1ccc(N)c(Cl)c1. The number of nitrogens with two attached hydrogens (primary N) is 1. The molecule has 1 aromatic rings. The van der Waals surface area contributed by atoms with Crippen molar-refractivity contribution in [2.24, 2.45) is 0 Å². The minimum atomic E-state index is -1.23. The molecule has 0 aliphatic heterocycles. The van der Waals surface area contributed by atoms with Crippen molar-refractivity contribution in [1.29, 1.82) is 0 Å². The molecule has 0 aromatic heterocycles. The van der Waals surface area contributed by atoms with E-state index in [1.807, 2.05) is 0 Å². The van der Waals surface area contributed by atoms with Crippen LogP contribution in [0.1, 0.15) is 6.42 Å². The fourth-order valence-corrected chi connectivity index (χ4v) is 2.48. The highest BCUT2D eigenvalue weighted by molar-refractivity contribution is 7.85. The molecule has 1 rings (SSSR count). The summed E-state index contributed by atoms with van der Waals surface area (Å²) in [5.74, 6) is 0.247. The van der Waals surface area contributed by atoms with Gasteiger partial charge in [-0.3, -0.25) is 9.00 Å². The maximum absolute atomic E-state index is 11.9. The van der Waals surface area contributed by atoms with E-state index < -0.39 is 10.8 Å². The van der Waals surface area contributed by atoms with Gasteiger partial charge < -0.3 is 10.6 Å². The minimum Gasteiger partial charge on any atom is -0.398 e. The standard InChI is InChI=1S/C11H15ClN2O2S/c1-14(2)11(15)5-6-17(16)8-3-4-10(13)9(12)7-8/h3-4,7H,5-6,13H2,1-2H3. The van der Waals surface area contributed by atoms with Crippen LogP contribution in [-0.2, 0) is 15.6 Å². The van der Waals surface area contributed by atoms with Gasteiger partial charge in [0.1, 0.15) is 0 Å². The summed E-state index contributed by atoms with van der Waals surface area (Å²) in [6, 6.07) is 4.86. The normalized spacial score (nSPS) is 12.2. The monoisotopic (exact) mass is 274 g/mol. The first kappa shape index (κ1) is 14.0. The van der Waals surface area contributed by atoms with Gasteiger partial charge in [-0.25, -0.2) is 0 Å². The Bertz CT molecular complexity index is 449. The van der Waals surface area contributed by atoms with Crippen LogP contribution >= 0.6 is 11.6 Å². The van der Waals surface area contributed by atoms with E-state index in [0.717, 1.165) is 0 Å². The van der Waals surface area contributed by atoms with Crippen molar-refractivity contribution in [1.82, 2.24) is 4.90 Å². The summed E-state index contributed by atoms with van der Waals surface area (Å²) in [5.41, 5.74) is 6.01. The summed E-state index contributed by atoms with van der Waals surface area (Å²) in [7, 11) is 2.12. The number of benzene rings is 1. The highest BCUT2D eigenvalue weighted by Gasteiger charge is 2.10. The zero-order valence-electron chi connectivity index (χ0n) is 9.77. The number of nitrogen functional groups attached to an aromatic ring is 1. The first-order chi connectivity index (χ1) is 7.91.